The highest BCUT2D eigenvalue weighted by molar-refractivity contribution is 7.99. The standard InChI is InChI=1S/C33H34N2O5S/c1-38-29-12-5-6-13-31(29)41-22-28-19-30(25-16-14-24(21-36)15-17-25)40-32(39-28)26-10-7-11-27(18-26)35-33(37)34-20-23-8-3-2-4-9-23/h2-18,28,30,32,36H,19-22H2,1H3,(H2,34,35,37). The van der Waals surface area contributed by atoms with Crippen LogP contribution in [0.4, 0.5) is 10.5 Å². The van der Waals surface area contributed by atoms with Crippen LogP contribution in [0, 0.1) is 0 Å². The van der Waals surface area contributed by atoms with Crippen molar-refractivity contribution in [1.82, 2.24) is 5.32 Å². The van der Waals surface area contributed by atoms with E-state index in [2.05, 4.69) is 10.6 Å². The topological polar surface area (TPSA) is 89.0 Å². The van der Waals surface area contributed by atoms with Gasteiger partial charge in [0.05, 0.1) is 25.9 Å². The lowest BCUT2D eigenvalue weighted by Gasteiger charge is -2.36. The second-order valence-corrected chi connectivity index (χ2v) is 10.8. The number of amides is 2. The number of anilines is 1. The summed E-state index contributed by atoms with van der Waals surface area (Å²) in [6.45, 7) is 0.429. The van der Waals surface area contributed by atoms with Crippen LogP contribution >= 0.6 is 11.8 Å². The first-order valence-electron chi connectivity index (χ1n) is 13.6. The van der Waals surface area contributed by atoms with E-state index in [4.69, 9.17) is 14.2 Å². The Bertz CT molecular complexity index is 1420. The summed E-state index contributed by atoms with van der Waals surface area (Å²) >= 11 is 1.69. The molecule has 0 saturated carbocycles. The molecular weight excluding hydrogens is 536 g/mol. The summed E-state index contributed by atoms with van der Waals surface area (Å²) < 4.78 is 18.5. The highest BCUT2D eigenvalue weighted by atomic mass is 32.2. The molecule has 0 aromatic heterocycles. The third-order valence-corrected chi connectivity index (χ3v) is 8.01. The SMILES string of the molecule is COc1ccccc1SCC1CC(c2ccc(CO)cc2)OC(c2cccc(NC(=O)NCc3ccccc3)c2)O1. The third-order valence-electron chi connectivity index (χ3n) is 6.82. The maximum atomic E-state index is 12.6. The summed E-state index contributed by atoms with van der Waals surface area (Å²) in [4.78, 5) is 13.6. The van der Waals surface area contributed by atoms with E-state index in [0.717, 1.165) is 32.9 Å². The fourth-order valence-corrected chi connectivity index (χ4v) is 5.71. The molecule has 1 saturated heterocycles. The number of aliphatic hydroxyl groups excluding tert-OH is 1. The highest BCUT2D eigenvalue weighted by Gasteiger charge is 2.32. The van der Waals surface area contributed by atoms with Crippen LogP contribution in [0.25, 0.3) is 0 Å². The van der Waals surface area contributed by atoms with Crippen LogP contribution in [0.2, 0.25) is 0 Å². The molecule has 3 unspecified atom stereocenters. The number of rotatable bonds is 10. The molecule has 1 aliphatic rings. The molecule has 8 heteroatoms. The van der Waals surface area contributed by atoms with E-state index >= 15 is 0 Å². The quantitative estimate of drug-likeness (QED) is 0.181. The average Bonchev–Trinajstić information content (AvgIpc) is 3.03. The predicted octanol–water partition coefficient (Wildman–Crippen LogP) is 6.85. The van der Waals surface area contributed by atoms with Crippen LogP contribution in [-0.4, -0.2) is 30.1 Å². The Kier molecular flexibility index (Phi) is 9.93. The van der Waals surface area contributed by atoms with Gasteiger partial charge in [0.25, 0.3) is 0 Å². The fourth-order valence-electron chi connectivity index (χ4n) is 4.66. The van der Waals surface area contributed by atoms with Crippen LogP contribution in [0.5, 0.6) is 5.75 Å². The molecule has 41 heavy (non-hydrogen) atoms. The highest BCUT2D eigenvalue weighted by Crippen LogP contribution is 2.40. The van der Waals surface area contributed by atoms with Crippen LogP contribution in [-0.2, 0) is 22.6 Å². The van der Waals surface area contributed by atoms with Gasteiger partial charge in [0.1, 0.15) is 5.75 Å². The number of ether oxygens (including phenoxy) is 3. The van der Waals surface area contributed by atoms with E-state index in [-0.39, 0.29) is 24.8 Å². The minimum absolute atomic E-state index is 0.00552. The second-order valence-electron chi connectivity index (χ2n) is 9.73. The molecule has 2 amide bonds. The van der Waals surface area contributed by atoms with Crippen LogP contribution in [0.1, 0.15) is 41.1 Å². The number of hydrogen-bond donors (Lipinski definition) is 3. The Labute approximate surface area is 244 Å². The van der Waals surface area contributed by atoms with E-state index in [1.807, 2.05) is 103 Å². The fraction of sp³-hybridized carbons (Fsp3) is 0.242. The summed E-state index contributed by atoms with van der Waals surface area (Å²) in [5, 5.41) is 15.3. The molecule has 1 aliphatic heterocycles. The van der Waals surface area contributed by atoms with Gasteiger partial charge in [-0.05, 0) is 41.0 Å². The number of para-hydroxylation sites is 1. The summed E-state index contributed by atoms with van der Waals surface area (Å²) in [6, 6.07) is 32.8. The number of nitrogens with one attached hydrogen (secondary N) is 2. The van der Waals surface area contributed by atoms with Crippen molar-refractivity contribution >= 4 is 23.5 Å². The lowest BCUT2D eigenvalue weighted by atomic mass is 10.0. The van der Waals surface area contributed by atoms with Gasteiger partial charge in [-0.1, -0.05) is 78.9 Å². The zero-order chi connectivity index (χ0) is 28.4. The van der Waals surface area contributed by atoms with Crippen molar-refractivity contribution in [2.24, 2.45) is 0 Å². The molecule has 1 fully saturated rings. The summed E-state index contributed by atoms with van der Waals surface area (Å²) in [6.07, 6.45) is -0.243. The summed E-state index contributed by atoms with van der Waals surface area (Å²) in [7, 11) is 1.68. The number of urea groups is 1. The van der Waals surface area contributed by atoms with E-state index in [1.165, 1.54) is 0 Å². The van der Waals surface area contributed by atoms with E-state index in [1.54, 1.807) is 18.9 Å². The molecule has 212 valence electrons. The van der Waals surface area contributed by atoms with Gasteiger partial charge in [0.2, 0.25) is 0 Å². The van der Waals surface area contributed by atoms with Gasteiger partial charge in [0.15, 0.2) is 6.29 Å². The van der Waals surface area contributed by atoms with Gasteiger partial charge in [-0.25, -0.2) is 4.79 Å². The Morgan fingerprint density at radius 2 is 1.68 bits per heavy atom. The molecule has 7 nitrogen and oxygen atoms in total. The number of carbonyl (C=O) groups is 1. The lowest BCUT2D eigenvalue weighted by molar-refractivity contribution is -0.245. The molecule has 4 aromatic rings. The monoisotopic (exact) mass is 570 g/mol. The number of benzene rings is 4. The third kappa shape index (κ3) is 7.89. The van der Waals surface area contributed by atoms with Gasteiger partial charge in [-0.3, -0.25) is 0 Å². The first kappa shape index (κ1) is 28.7. The van der Waals surface area contributed by atoms with Crippen LogP contribution in [0.15, 0.2) is 108 Å². The Balaban J connectivity index is 1.30. The molecule has 4 aromatic carbocycles. The largest absolute Gasteiger partial charge is 0.496 e. The first-order valence-corrected chi connectivity index (χ1v) is 14.5. The number of hydrogen-bond acceptors (Lipinski definition) is 6. The molecule has 0 aliphatic carbocycles. The van der Waals surface area contributed by atoms with E-state index in [9.17, 15) is 9.90 Å². The molecule has 0 spiro atoms. The number of carbonyl (C=O) groups excluding carboxylic acids is 1. The van der Waals surface area contributed by atoms with Crippen LogP contribution < -0.4 is 15.4 Å². The molecule has 1 heterocycles. The molecule has 3 atom stereocenters. The number of aliphatic hydroxyl groups is 1. The van der Waals surface area contributed by atoms with Gasteiger partial charge >= 0.3 is 6.03 Å². The van der Waals surface area contributed by atoms with Gasteiger partial charge in [-0.15, -0.1) is 11.8 Å². The van der Waals surface area contributed by atoms with Crippen molar-refractivity contribution in [3.05, 3.63) is 125 Å². The van der Waals surface area contributed by atoms with Crippen molar-refractivity contribution in [3.8, 4) is 5.75 Å². The van der Waals surface area contributed by atoms with Crippen molar-refractivity contribution < 1.29 is 24.1 Å². The van der Waals surface area contributed by atoms with Gasteiger partial charge < -0.3 is 30.0 Å². The predicted molar refractivity (Wildman–Crippen MR) is 161 cm³/mol. The zero-order valence-corrected chi connectivity index (χ0v) is 23.7. The zero-order valence-electron chi connectivity index (χ0n) is 22.9. The van der Waals surface area contributed by atoms with Crippen molar-refractivity contribution in [3.63, 3.8) is 0 Å². The van der Waals surface area contributed by atoms with Crippen LogP contribution in [0.3, 0.4) is 0 Å². The normalized spacial score (nSPS) is 18.4. The molecule has 5 rings (SSSR count). The Morgan fingerprint density at radius 3 is 2.46 bits per heavy atom. The summed E-state index contributed by atoms with van der Waals surface area (Å²) in [5.41, 5.74) is 4.36. The molecule has 0 radical (unpaired) electrons. The lowest BCUT2D eigenvalue weighted by Crippen LogP contribution is -2.31. The van der Waals surface area contributed by atoms with Crippen molar-refractivity contribution in [2.75, 3.05) is 18.2 Å². The average molecular weight is 571 g/mol. The number of thioether (sulfide) groups is 1. The molecular formula is C33H34N2O5S. The Morgan fingerprint density at radius 1 is 0.902 bits per heavy atom. The summed E-state index contributed by atoms with van der Waals surface area (Å²) in [5.74, 6) is 1.55. The molecule has 3 N–H and O–H groups in total. The van der Waals surface area contributed by atoms with E-state index in [0.29, 0.717) is 24.4 Å². The minimum Gasteiger partial charge on any atom is -0.496 e. The maximum absolute atomic E-state index is 12.6. The van der Waals surface area contributed by atoms with E-state index < -0.39 is 6.29 Å². The van der Waals surface area contributed by atoms with Crippen molar-refractivity contribution in [1.29, 1.82) is 0 Å². The Hall–Kier alpha value is -3.82. The minimum atomic E-state index is -0.622. The second kappa shape index (κ2) is 14.2. The van der Waals surface area contributed by atoms with Crippen molar-refractivity contribution in [2.45, 2.75) is 43.0 Å². The maximum Gasteiger partial charge on any atom is 0.319 e. The number of methoxy groups -OCH3 is 1. The smallest absolute Gasteiger partial charge is 0.319 e. The first-order chi connectivity index (χ1) is 20.1. The van der Waals surface area contributed by atoms with Gasteiger partial charge in [0, 0.05) is 34.9 Å². The molecule has 0 bridgehead atoms. The van der Waals surface area contributed by atoms with Gasteiger partial charge in [-0.2, -0.15) is 0 Å².